The molecule has 1 aliphatic heterocycles. The number of rotatable bonds is 2. The maximum absolute atomic E-state index is 12.6. The second-order valence-electron chi connectivity index (χ2n) is 4.94. The monoisotopic (exact) mass is 276 g/mol. The van der Waals surface area contributed by atoms with Gasteiger partial charge in [-0.3, -0.25) is 9.36 Å². The Morgan fingerprint density at radius 2 is 2.26 bits per heavy atom. The van der Waals surface area contributed by atoms with E-state index in [1.54, 1.807) is 4.57 Å². The number of para-hydroxylation sites is 1. The van der Waals surface area contributed by atoms with Crippen LogP contribution in [0.4, 0.5) is 0 Å². The molecule has 0 unspecified atom stereocenters. The average molecular weight is 276 g/mol. The SMILES string of the molecule is C[C@H]([C@@H]1CCCO1)n1c(=S)[nH]c2ccccc2c1=O. The Hall–Kier alpha value is -1.46. The summed E-state index contributed by atoms with van der Waals surface area (Å²) in [5.41, 5.74) is 0.746. The zero-order chi connectivity index (χ0) is 13.4. The molecule has 4 nitrogen and oxygen atoms in total. The highest BCUT2D eigenvalue weighted by molar-refractivity contribution is 7.71. The van der Waals surface area contributed by atoms with Gasteiger partial charge in [0.15, 0.2) is 4.77 Å². The van der Waals surface area contributed by atoms with Gasteiger partial charge in [-0.1, -0.05) is 12.1 Å². The Labute approximate surface area is 116 Å². The van der Waals surface area contributed by atoms with E-state index in [9.17, 15) is 4.79 Å². The highest BCUT2D eigenvalue weighted by Crippen LogP contribution is 2.23. The van der Waals surface area contributed by atoms with Crippen LogP contribution in [-0.4, -0.2) is 22.3 Å². The second-order valence-corrected chi connectivity index (χ2v) is 5.33. The minimum absolute atomic E-state index is 0.0386. The summed E-state index contributed by atoms with van der Waals surface area (Å²) in [4.78, 5) is 15.7. The van der Waals surface area contributed by atoms with Gasteiger partial charge in [0.2, 0.25) is 0 Å². The van der Waals surface area contributed by atoms with Crippen molar-refractivity contribution in [1.29, 1.82) is 0 Å². The molecule has 2 heterocycles. The number of hydrogen-bond donors (Lipinski definition) is 1. The van der Waals surface area contributed by atoms with Gasteiger partial charge in [-0.15, -0.1) is 0 Å². The van der Waals surface area contributed by atoms with Crippen molar-refractivity contribution in [2.24, 2.45) is 0 Å². The molecule has 3 rings (SSSR count). The summed E-state index contributed by atoms with van der Waals surface area (Å²) in [5.74, 6) is 0. The summed E-state index contributed by atoms with van der Waals surface area (Å²) in [6.45, 7) is 2.77. The molecule has 1 aliphatic rings. The molecule has 1 saturated heterocycles. The molecule has 19 heavy (non-hydrogen) atoms. The van der Waals surface area contributed by atoms with Crippen LogP contribution in [0.5, 0.6) is 0 Å². The van der Waals surface area contributed by atoms with Gasteiger partial charge in [-0.25, -0.2) is 0 Å². The van der Waals surface area contributed by atoms with E-state index in [4.69, 9.17) is 17.0 Å². The topological polar surface area (TPSA) is 47.0 Å². The number of nitrogens with one attached hydrogen (secondary N) is 1. The number of ether oxygens (including phenoxy) is 1. The van der Waals surface area contributed by atoms with E-state index in [-0.39, 0.29) is 17.7 Å². The van der Waals surface area contributed by atoms with Crippen molar-refractivity contribution in [2.75, 3.05) is 6.61 Å². The lowest BCUT2D eigenvalue weighted by Crippen LogP contribution is -2.31. The number of aromatic nitrogens is 2. The molecule has 1 aromatic carbocycles. The number of H-pyrrole nitrogens is 1. The van der Waals surface area contributed by atoms with E-state index in [1.807, 2.05) is 31.2 Å². The quantitative estimate of drug-likeness (QED) is 0.858. The van der Waals surface area contributed by atoms with Crippen LogP contribution in [0.25, 0.3) is 10.9 Å². The van der Waals surface area contributed by atoms with Crippen LogP contribution >= 0.6 is 12.2 Å². The van der Waals surface area contributed by atoms with E-state index < -0.39 is 0 Å². The molecule has 1 N–H and O–H groups in total. The minimum Gasteiger partial charge on any atom is -0.376 e. The third-order valence-electron chi connectivity index (χ3n) is 3.75. The maximum atomic E-state index is 12.6. The fourth-order valence-corrected chi connectivity index (χ4v) is 3.05. The van der Waals surface area contributed by atoms with E-state index in [0.717, 1.165) is 25.0 Å². The predicted molar refractivity (Wildman–Crippen MR) is 77.1 cm³/mol. The van der Waals surface area contributed by atoms with Gasteiger partial charge in [-0.05, 0) is 44.1 Å². The molecule has 0 bridgehead atoms. The lowest BCUT2D eigenvalue weighted by molar-refractivity contribution is 0.0715. The molecule has 100 valence electrons. The van der Waals surface area contributed by atoms with Gasteiger partial charge in [0.1, 0.15) is 0 Å². The van der Waals surface area contributed by atoms with Gasteiger partial charge in [0.25, 0.3) is 5.56 Å². The molecule has 2 aromatic rings. The standard InChI is InChI=1S/C14H16N2O2S/c1-9(12-7-4-8-18-12)16-13(17)10-5-2-3-6-11(10)15-14(16)19/h2-3,5-6,9,12H,4,7-8H2,1H3,(H,15,19)/t9-,12+/m1/s1. The molecule has 1 fully saturated rings. The van der Waals surface area contributed by atoms with Gasteiger partial charge in [0, 0.05) is 6.61 Å². The van der Waals surface area contributed by atoms with Crippen LogP contribution in [0.1, 0.15) is 25.8 Å². The number of aromatic amines is 1. The van der Waals surface area contributed by atoms with Crippen molar-refractivity contribution in [3.63, 3.8) is 0 Å². The fourth-order valence-electron chi connectivity index (χ4n) is 2.70. The smallest absolute Gasteiger partial charge is 0.262 e. The average Bonchev–Trinajstić information content (AvgIpc) is 2.92. The first kappa shape index (κ1) is 12.6. The van der Waals surface area contributed by atoms with Gasteiger partial charge >= 0.3 is 0 Å². The lowest BCUT2D eigenvalue weighted by Gasteiger charge is -2.21. The van der Waals surface area contributed by atoms with Crippen molar-refractivity contribution in [1.82, 2.24) is 9.55 Å². The van der Waals surface area contributed by atoms with E-state index in [0.29, 0.717) is 10.2 Å². The number of fused-ring (bicyclic) bond motifs is 1. The Bertz CT molecular complexity index is 713. The Kier molecular flexibility index (Phi) is 3.24. The molecule has 0 amide bonds. The number of hydrogen-bond acceptors (Lipinski definition) is 3. The highest BCUT2D eigenvalue weighted by Gasteiger charge is 2.25. The van der Waals surface area contributed by atoms with Crippen molar-refractivity contribution < 1.29 is 4.74 Å². The Morgan fingerprint density at radius 3 is 3.00 bits per heavy atom. The third-order valence-corrected chi connectivity index (χ3v) is 4.05. The number of nitrogens with zero attached hydrogens (tertiary/aromatic N) is 1. The first-order valence-electron chi connectivity index (χ1n) is 6.53. The Morgan fingerprint density at radius 1 is 1.47 bits per heavy atom. The maximum Gasteiger partial charge on any atom is 0.262 e. The summed E-state index contributed by atoms with van der Waals surface area (Å²) in [6.07, 6.45) is 2.11. The van der Waals surface area contributed by atoms with Crippen LogP contribution in [-0.2, 0) is 4.74 Å². The zero-order valence-electron chi connectivity index (χ0n) is 10.8. The summed E-state index contributed by atoms with van der Waals surface area (Å²) in [7, 11) is 0. The highest BCUT2D eigenvalue weighted by atomic mass is 32.1. The summed E-state index contributed by atoms with van der Waals surface area (Å²) < 4.78 is 7.78. The van der Waals surface area contributed by atoms with Crippen LogP contribution in [0, 0.1) is 4.77 Å². The first-order chi connectivity index (χ1) is 9.18. The third kappa shape index (κ3) is 2.13. The van der Waals surface area contributed by atoms with Crippen molar-refractivity contribution in [3.8, 4) is 0 Å². The van der Waals surface area contributed by atoms with Crippen molar-refractivity contribution >= 4 is 23.1 Å². The second kappa shape index (κ2) is 4.90. The van der Waals surface area contributed by atoms with Crippen LogP contribution in [0.2, 0.25) is 0 Å². The van der Waals surface area contributed by atoms with E-state index in [2.05, 4.69) is 4.98 Å². The molecule has 1 aromatic heterocycles. The van der Waals surface area contributed by atoms with E-state index >= 15 is 0 Å². The Balaban J connectivity index is 2.18. The molecule has 2 atom stereocenters. The molecule has 0 aliphatic carbocycles. The van der Waals surface area contributed by atoms with E-state index in [1.165, 1.54) is 0 Å². The molecule has 0 radical (unpaired) electrons. The largest absolute Gasteiger partial charge is 0.376 e. The summed E-state index contributed by atoms with van der Waals surface area (Å²) >= 11 is 5.33. The fraction of sp³-hybridized carbons (Fsp3) is 0.429. The summed E-state index contributed by atoms with van der Waals surface area (Å²) in [6, 6.07) is 7.40. The van der Waals surface area contributed by atoms with Crippen molar-refractivity contribution in [3.05, 3.63) is 39.4 Å². The predicted octanol–water partition coefficient (Wildman–Crippen LogP) is 2.80. The van der Waals surface area contributed by atoms with Crippen LogP contribution in [0.15, 0.2) is 29.1 Å². The summed E-state index contributed by atoms with van der Waals surface area (Å²) in [5, 5.41) is 0.668. The number of benzene rings is 1. The zero-order valence-corrected chi connectivity index (χ0v) is 11.6. The first-order valence-corrected chi connectivity index (χ1v) is 6.94. The van der Waals surface area contributed by atoms with Gasteiger partial charge in [0.05, 0.1) is 23.0 Å². The van der Waals surface area contributed by atoms with Gasteiger partial charge < -0.3 is 9.72 Å². The normalized spacial score (nSPS) is 20.8. The van der Waals surface area contributed by atoms with Gasteiger partial charge in [-0.2, -0.15) is 0 Å². The van der Waals surface area contributed by atoms with Crippen LogP contribution < -0.4 is 5.56 Å². The molecular formula is C14H16N2O2S. The van der Waals surface area contributed by atoms with Crippen LogP contribution in [0.3, 0.4) is 0 Å². The molecular weight excluding hydrogens is 260 g/mol. The molecule has 0 saturated carbocycles. The lowest BCUT2D eigenvalue weighted by atomic mass is 10.1. The molecule has 5 heteroatoms. The minimum atomic E-state index is -0.0395. The van der Waals surface area contributed by atoms with Crippen molar-refractivity contribution in [2.45, 2.75) is 31.9 Å². The molecule has 0 spiro atoms.